The molecule has 18 heavy (non-hydrogen) atoms. The summed E-state index contributed by atoms with van der Waals surface area (Å²) in [5.74, 6) is 0.377. The molecular weight excluding hydrogens is 222 g/mol. The van der Waals surface area contributed by atoms with Gasteiger partial charge in [-0.3, -0.25) is 4.99 Å². The second-order valence-electron chi connectivity index (χ2n) is 5.91. The molecule has 1 aromatic rings. The van der Waals surface area contributed by atoms with Crippen LogP contribution in [0.5, 0.6) is 5.75 Å². The number of hydrogen-bond acceptors (Lipinski definition) is 2. The van der Waals surface area contributed by atoms with Gasteiger partial charge in [0, 0.05) is 11.8 Å². The van der Waals surface area contributed by atoms with E-state index in [1.807, 2.05) is 31.3 Å². The van der Waals surface area contributed by atoms with E-state index in [1.165, 1.54) is 38.5 Å². The van der Waals surface area contributed by atoms with Gasteiger partial charge < -0.3 is 5.11 Å². The second kappa shape index (κ2) is 4.42. The van der Waals surface area contributed by atoms with E-state index in [-0.39, 0.29) is 0 Å². The first-order valence-corrected chi connectivity index (χ1v) is 7.03. The smallest absolute Gasteiger partial charge is 0.127 e. The standard InChI is InChI=1S/C16H21NO/c1-12-5-4-6-13(15(12)18)11-17-14-7-2-3-8-16(14)9-10-16/h4-6,11,14,18H,2-3,7-10H2,1H3. The van der Waals surface area contributed by atoms with Crippen molar-refractivity contribution in [1.82, 2.24) is 0 Å². The van der Waals surface area contributed by atoms with Crippen molar-refractivity contribution in [2.24, 2.45) is 10.4 Å². The Kier molecular flexibility index (Phi) is 2.89. The summed E-state index contributed by atoms with van der Waals surface area (Å²) in [6.07, 6.45) is 9.87. The van der Waals surface area contributed by atoms with Crippen LogP contribution in [-0.4, -0.2) is 17.4 Å². The fourth-order valence-corrected chi connectivity index (χ4v) is 3.22. The fourth-order valence-electron chi connectivity index (χ4n) is 3.22. The molecular formula is C16H21NO. The lowest BCUT2D eigenvalue weighted by Gasteiger charge is -2.28. The molecule has 2 aliphatic rings. The van der Waals surface area contributed by atoms with Crippen LogP contribution in [0.15, 0.2) is 23.2 Å². The van der Waals surface area contributed by atoms with E-state index in [4.69, 9.17) is 4.99 Å². The summed E-state index contributed by atoms with van der Waals surface area (Å²) < 4.78 is 0. The van der Waals surface area contributed by atoms with Crippen LogP contribution in [0.25, 0.3) is 0 Å². The molecule has 2 fully saturated rings. The monoisotopic (exact) mass is 243 g/mol. The number of phenols is 1. The number of aryl methyl sites for hydroxylation is 1. The Bertz CT molecular complexity index is 474. The minimum Gasteiger partial charge on any atom is -0.507 e. The van der Waals surface area contributed by atoms with E-state index >= 15 is 0 Å². The highest BCUT2D eigenvalue weighted by Gasteiger charge is 2.49. The summed E-state index contributed by atoms with van der Waals surface area (Å²) in [6, 6.07) is 6.33. The molecule has 0 radical (unpaired) electrons. The van der Waals surface area contributed by atoms with Crippen molar-refractivity contribution >= 4 is 6.21 Å². The highest BCUT2D eigenvalue weighted by atomic mass is 16.3. The Labute approximate surface area is 109 Å². The Morgan fingerprint density at radius 3 is 2.89 bits per heavy atom. The highest BCUT2D eigenvalue weighted by Crippen LogP contribution is 2.57. The lowest BCUT2D eigenvalue weighted by Crippen LogP contribution is -2.24. The van der Waals surface area contributed by atoms with Crippen LogP contribution in [-0.2, 0) is 0 Å². The van der Waals surface area contributed by atoms with Gasteiger partial charge in [0.15, 0.2) is 0 Å². The van der Waals surface area contributed by atoms with Gasteiger partial charge >= 0.3 is 0 Å². The molecule has 0 saturated heterocycles. The molecule has 1 spiro atoms. The van der Waals surface area contributed by atoms with Crippen LogP contribution in [0, 0.1) is 12.3 Å². The number of benzene rings is 1. The molecule has 0 bridgehead atoms. The molecule has 96 valence electrons. The van der Waals surface area contributed by atoms with Gasteiger partial charge in [0.25, 0.3) is 0 Å². The number of nitrogens with zero attached hydrogens (tertiary/aromatic N) is 1. The Balaban J connectivity index is 1.79. The Morgan fingerprint density at radius 2 is 2.11 bits per heavy atom. The van der Waals surface area contributed by atoms with Crippen LogP contribution in [0.1, 0.15) is 49.7 Å². The zero-order valence-electron chi connectivity index (χ0n) is 11.0. The maximum atomic E-state index is 9.98. The normalized spacial score (nSPS) is 25.7. The van der Waals surface area contributed by atoms with Gasteiger partial charge in [0.1, 0.15) is 5.75 Å². The summed E-state index contributed by atoms with van der Waals surface area (Å²) in [5, 5.41) is 9.98. The topological polar surface area (TPSA) is 32.6 Å². The van der Waals surface area contributed by atoms with Crippen molar-refractivity contribution in [3.63, 3.8) is 0 Å². The van der Waals surface area contributed by atoms with E-state index in [0.29, 0.717) is 17.2 Å². The van der Waals surface area contributed by atoms with Gasteiger partial charge in [-0.25, -0.2) is 0 Å². The molecule has 0 amide bonds. The molecule has 2 aliphatic carbocycles. The third-order valence-electron chi connectivity index (χ3n) is 4.66. The van der Waals surface area contributed by atoms with Crippen LogP contribution in [0.2, 0.25) is 0 Å². The largest absolute Gasteiger partial charge is 0.507 e. The predicted molar refractivity (Wildman–Crippen MR) is 74.4 cm³/mol. The summed E-state index contributed by atoms with van der Waals surface area (Å²) in [7, 11) is 0. The lowest BCUT2D eigenvalue weighted by atomic mass is 9.82. The Hall–Kier alpha value is -1.31. The van der Waals surface area contributed by atoms with Crippen molar-refractivity contribution in [2.75, 3.05) is 0 Å². The summed E-state index contributed by atoms with van der Waals surface area (Å²) in [6.45, 7) is 1.93. The summed E-state index contributed by atoms with van der Waals surface area (Å²) in [4.78, 5) is 4.79. The van der Waals surface area contributed by atoms with Crippen molar-refractivity contribution in [3.8, 4) is 5.75 Å². The maximum Gasteiger partial charge on any atom is 0.127 e. The third-order valence-corrected chi connectivity index (χ3v) is 4.66. The van der Waals surface area contributed by atoms with Crippen molar-refractivity contribution in [1.29, 1.82) is 0 Å². The molecule has 3 rings (SSSR count). The number of para-hydroxylation sites is 1. The molecule has 2 nitrogen and oxygen atoms in total. The Morgan fingerprint density at radius 1 is 1.28 bits per heavy atom. The number of aromatic hydroxyl groups is 1. The number of hydrogen-bond donors (Lipinski definition) is 1. The quantitative estimate of drug-likeness (QED) is 0.786. The van der Waals surface area contributed by atoms with Crippen LogP contribution < -0.4 is 0 Å². The molecule has 1 aromatic carbocycles. The zero-order valence-corrected chi connectivity index (χ0v) is 11.0. The van der Waals surface area contributed by atoms with Gasteiger partial charge in [-0.05, 0) is 49.7 Å². The van der Waals surface area contributed by atoms with Gasteiger partial charge in [0.05, 0.1) is 6.04 Å². The minimum absolute atomic E-state index is 0.377. The SMILES string of the molecule is Cc1cccc(C=NC2CCCCC23CC3)c1O. The van der Waals surface area contributed by atoms with Gasteiger partial charge in [-0.15, -0.1) is 0 Å². The molecule has 2 saturated carbocycles. The first kappa shape index (κ1) is 11.8. The van der Waals surface area contributed by atoms with Crippen LogP contribution >= 0.6 is 0 Å². The predicted octanol–water partition coefficient (Wildman–Crippen LogP) is 3.84. The number of rotatable bonds is 2. The second-order valence-corrected chi connectivity index (χ2v) is 5.91. The molecule has 1 N–H and O–H groups in total. The molecule has 1 unspecified atom stereocenters. The van der Waals surface area contributed by atoms with Crippen LogP contribution in [0.4, 0.5) is 0 Å². The number of aliphatic imine (C=N–C) groups is 1. The first-order chi connectivity index (χ1) is 8.71. The first-order valence-electron chi connectivity index (χ1n) is 7.03. The van der Waals surface area contributed by atoms with E-state index in [1.54, 1.807) is 0 Å². The van der Waals surface area contributed by atoms with Gasteiger partial charge in [-0.2, -0.15) is 0 Å². The average molecular weight is 243 g/mol. The van der Waals surface area contributed by atoms with Gasteiger partial charge in [0.2, 0.25) is 0 Å². The molecule has 2 heteroatoms. The molecule has 0 aromatic heterocycles. The van der Waals surface area contributed by atoms with E-state index in [9.17, 15) is 5.11 Å². The lowest BCUT2D eigenvalue weighted by molar-refractivity contribution is 0.288. The van der Waals surface area contributed by atoms with E-state index < -0.39 is 0 Å². The third kappa shape index (κ3) is 2.05. The van der Waals surface area contributed by atoms with E-state index in [0.717, 1.165) is 11.1 Å². The fraction of sp³-hybridized carbons (Fsp3) is 0.562. The van der Waals surface area contributed by atoms with Crippen molar-refractivity contribution in [3.05, 3.63) is 29.3 Å². The summed E-state index contributed by atoms with van der Waals surface area (Å²) in [5.41, 5.74) is 2.31. The highest BCUT2D eigenvalue weighted by molar-refractivity contribution is 5.84. The van der Waals surface area contributed by atoms with Crippen LogP contribution in [0.3, 0.4) is 0 Å². The average Bonchev–Trinajstić information content (AvgIpc) is 3.13. The molecule has 0 heterocycles. The van der Waals surface area contributed by atoms with Crippen molar-refractivity contribution in [2.45, 2.75) is 51.5 Å². The number of phenolic OH excluding ortho intramolecular Hbond substituents is 1. The minimum atomic E-state index is 0.377. The zero-order chi connectivity index (χ0) is 12.6. The maximum absolute atomic E-state index is 9.98. The summed E-state index contributed by atoms with van der Waals surface area (Å²) >= 11 is 0. The van der Waals surface area contributed by atoms with Gasteiger partial charge in [-0.1, -0.05) is 25.0 Å². The van der Waals surface area contributed by atoms with Crippen molar-refractivity contribution < 1.29 is 5.11 Å². The molecule has 0 aliphatic heterocycles. The van der Waals surface area contributed by atoms with E-state index in [2.05, 4.69) is 0 Å². The molecule has 1 atom stereocenters.